The summed E-state index contributed by atoms with van der Waals surface area (Å²) >= 11 is 0. The lowest BCUT2D eigenvalue weighted by Gasteiger charge is -2.26. The normalized spacial score (nSPS) is 18.5. The summed E-state index contributed by atoms with van der Waals surface area (Å²) in [5.41, 5.74) is 0.531. The van der Waals surface area contributed by atoms with E-state index in [-0.39, 0.29) is 18.2 Å². The summed E-state index contributed by atoms with van der Waals surface area (Å²) < 4.78 is 23.7. The Morgan fingerprint density at radius 2 is 2.13 bits per heavy atom. The van der Waals surface area contributed by atoms with E-state index in [1.165, 1.54) is 25.3 Å². The summed E-state index contributed by atoms with van der Waals surface area (Å²) in [4.78, 5) is 24.5. The van der Waals surface area contributed by atoms with Crippen LogP contribution in [0.2, 0.25) is 0 Å². The van der Waals surface area contributed by atoms with Gasteiger partial charge in [-0.2, -0.15) is 0 Å². The van der Waals surface area contributed by atoms with Crippen molar-refractivity contribution in [2.45, 2.75) is 38.8 Å². The van der Waals surface area contributed by atoms with Crippen LogP contribution in [-0.4, -0.2) is 37.2 Å². The van der Waals surface area contributed by atoms with Gasteiger partial charge in [-0.25, -0.2) is 9.18 Å². The summed E-state index contributed by atoms with van der Waals surface area (Å²) in [5.74, 6) is -0.974. The van der Waals surface area contributed by atoms with Crippen molar-refractivity contribution < 1.29 is 23.5 Å². The highest BCUT2D eigenvalue weighted by Crippen LogP contribution is 2.30. The van der Waals surface area contributed by atoms with Crippen LogP contribution in [-0.2, 0) is 15.9 Å². The fourth-order valence-corrected chi connectivity index (χ4v) is 2.72. The molecule has 2 atom stereocenters. The first-order chi connectivity index (χ1) is 10.7. The molecule has 1 aromatic carbocycles. The number of halogens is 1. The maximum atomic E-state index is 13.3. The molecule has 0 saturated carbocycles. The largest absolute Gasteiger partial charge is 0.444 e. The molecule has 6 heteroatoms. The molecule has 0 saturated heterocycles. The summed E-state index contributed by atoms with van der Waals surface area (Å²) in [6, 6.07) is 3.60. The molecule has 0 aromatic heterocycles. The van der Waals surface area contributed by atoms with E-state index < -0.39 is 23.7 Å². The third-order valence-corrected chi connectivity index (χ3v) is 3.64. The summed E-state index contributed by atoms with van der Waals surface area (Å²) in [6.07, 6.45) is -0.232. The van der Waals surface area contributed by atoms with Crippen molar-refractivity contribution in [2.24, 2.45) is 5.92 Å². The minimum atomic E-state index is -0.631. The first kappa shape index (κ1) is 17.4. The van der Waals surface area contributed by atoms with E-state index in [1.54, 1.807) is 20.8 Å². The monoisotopic (exact) mass is 323 g/mol. The lowest BCUT2D eigenvalue weighted by Crippen LogP contribution is -2.47. The standard InChI is InChI=1S/C17H22FNO4/c1-17(2,3)23-16(21)19-14(9-22-4)13-8-10-7-11(18)5-6-12(10)15(13)20/h5-7,13-14H,8-9H2,1-4H3,(H,19,21). The number of Topliss-reactive ketones (excluding diaryl/α,β-unsaturated/α-hetero) is 1. The molecule has 0 aliphatic heterocycles. The zero-order chi connectivity index (χ0) is 17.2. The van der Waals surface area contributed by atoms with E-state index in [2.05, 4.69) is 5.32 Å². The number of benzene rings is 1. The third kappa shape index (κ3) is 4.28. The van der Waals surface area contributed by atoms with E-state index in [0.717, 1.165) is 0 Å². The number of ketones is 1. The topological polar surface area (TPSA) is 64.6 Å². The average Bonchev–Trinajstić information content (AvgIpc) is 2.72. The Bertz CT molecular complexity index is 609. The molecule has 2 unspecified atom stereocenters. The van der Waals surface area contributed by atoms with Crippen LogP contribution in [0.15, 0.2) is 18.2 Å². The Labute approximate surface area is 135 Å². The predicted octanol–water partition coefficient (Wildman–Crippen LogP) is 2.72. The van der Waals surface area contributed by atoms with Crippen molar-refractivity contribution in [1.29, 1.82) is 0 Å². The van der Waals surface area contributed by atoms with Gasteiger partial charge in [-0.15, -0.1) is 0 Å². The van der Waals surface area contributed by atoms with Gasteiger partial charge in [0.1, 0.15) is 11.4 Å². The number of hydrogen-bond donors (Lipinski definition) is 1. The molecule has 23 heavy (non-hydrogen) atoms. The maximum absolute atomic E-state index is 13.3. The first-order valence-electron chi connectivity index (χ1n) is 7.52. The van der Waals surface area contributed by atoms with Gasteiger partial charge in [-0.3, -0.25) is 4.79 Å². The second kappa shape index (κ2) is 6.66. The van der Waals surface area contributed by atoms with Crippen molar-refractivity contribution in [3.8, 4) is 0 Å². The van der Waals surface area contributed by atoms with E-state index in [0.29, 0.717) is 17.5 Å². The van der Waals surface area contributed by atoms with Gasteiger partial charge < -0.3 is 14.8 Å². The minimum absolute atomic E-state index is 0.113. The average molecular weight is 323 g/mol. The van der Waals surface area contributed by atoms with Crippen LogP contribution in [0, 0.1) is 11.7 Å². The van der Waals surface area contributed by atoms with E-state index in [9.17, 15) is 14.0 Å². The van der Waals surface area contributed by atoms with Crippen molar-refractivity contribution in [3.05, 3.63) is 35.1 Å². The molecule has 2 rings (SSSR count). The molecule has 1 N–H and O–H groups in total. The van der Waals surface area contributed by atoms with Gasteiger partial charge in [0.15, 0.2) is 5.78 Å². The second-order valence-corrected chi connectivity index (χ2v) is 6.68. The SMILES string of the molecule is COCC(NC(=O)OC(C)(C)C)C1Cc2cc(F)ccc2C1=O. The smallest absolute Gasteiger partial charge is 0.407 e. The Kier molecular flexibility index (Phi) is 5.04. The fraction of sp³-hybridized carbons (Fsp3) is 0.529. The van der Waals surface area contributed by atoms with Gasteiger partial charge >= 0.3 is 6.09 Å². The number of methoxy groups -OCH3 is 1. The van der Waals surface area contributed by atoms with E-state index in [1.807, 2.05) is 0 Å². The minimum Gasteiger partial charge on any atom is -0.444 e. The van der Waals surface area contributed by atoms with Crippen LogP contribution in [0.1, 0.15) is 36.7 Å². The van der Waals surface area contributed by atoms with Crippen molar-refractivity contribution in [1.82, 2.24) is 5.32 Å². The van der Waals surface area contributed by atoms with Gasteiger partial charge in [0, 0.05) is 18.6 Å². The number of ether oxygens (including phenoxy) is 2. The number of rotatable bonds is 4. The molecule has 0 spiro atoms. The van der Waals surface area contributed by atoms with Gasteiger partial charge in [-0.1, -0.05) is 0 Å². The molecule has 0 heterocycles. The summed E-state index contributed by atoms with van der Waals surface area (Å²) in [7, 11) is 1.50. The zero-order valence-electron chi connectivity index (χ0n) is 13.8. The maximum Gasteiger partial charge on any atom is 0.407 e. The number of fused-ring (bicyclic) bond motifs is 1. The number of nitrogens with one attached hydrogen (secondary N) is 1. The van der Waals surface area contributed by atoms with Gasteiger partial charge in [0.2, 0.25) is 0 Å². The number of hydrogen-bond acceptors (Lipinski definition) is 4. The molecule has 0 fully saturated rings. The zero-order valence-corrected chi connectivity index (χ0v) is 13.8. The highest BCUT2D eigenvalue weighted by Gasteiger charge is 2.37. The Balaban J connectivity index is 2.13. The highest BCUT2D eigenvalue weighted by molar-refractivity contribution is 6.02. The van der Waals surface area contributed by atoms with Crippen LogP contribution in [0.5, 0.6) is 0 Å². The van der Waals surface area contributed by atoms with Crippen LogP contribution in [0.25, 0.3) is 0 Å². The van der Waals surface area contributed by atoms with Crippen molar-refractivity contribution >= 4 is 11.9 Å². The molecule has 1 aromatic rings. The lowest BCUT2D eigenvalue weighted by molar-refractivity contribution is 0.0432. The van der Waals surface area contributed by atoms with Crippen molar-refractivity contribution in [2.75, 3.05) is 13.7 Å². The summed E-state index contributed by atoms with van der Waals surface area (Å²) in [6.45, 7) is 5.46. The van der Waals surface area contributed by atoms with Gasteiger partial charge in [0.05, 0.1) is 12.6 Å². The molecule has 1 aliphatic rings. The first-order valence-corrected chi connectivity index (χ1v) is 7.52. The van der Waals surface area contributed by atoms with Crippen molar-refractivity contribution in [3.63, 3.8) is 0 Å². The Hall–Kier alpha value is -1.95. The molecule has 1 amide bonds. The molecule has 1 aliphatic carbocycles. The molecule has 0 bridgehead atoms. The van der Waals surface area contributed by atoms with Crippen LogP contribution >= 0.6 is 0 Å². The number of carbonyl (C=O) groups is 2. The van der Waals surface area contributed by atoms with E-state index in [4.69, 9.17) is 9.47 Å². The predicted molar refractivity (Wildman–Crippen MR) is 83.0 cm³/mol. The number of alkyl carbamates (subject to hydrolysis) is 1. The Morgan fingerprint density at radius 3 is 2.74 bits per heavy atom. The molecule has 5 nitrogen and oxygen atoms in total. The number of carbonyl (C=O) groups excluding carboxylic acids is 2. The third-order valence-electron chi connectivity index (χ3n) is 3.64. The fourth-order valence-electron chi connectivity index (χ4n) is 2.72. The highest BCUT2D eigenvalue weighted by atomic mass is 19.1. The molecule has 126 valence electrons. The van der Waals surface area contributed by atoms with Gasteiger partial charge in [0.25, 0.3) is 0 Å². The van der Waals surface area contributed by atoms with Crippen LogP contribution in [0.3, 0.4) is 0 Å². The molecule has 0 radical (unpaired) electrons. The van der Waals surface area contributed by atoms with E-state index >= 15 is 0 Å². The summed E-state index contributed by atoms with van der Waals surface area (Å²) in [5, 5.41) is 2.70. The molecular weight excluding hydrogens is 301 g/mol. The lowest BCUT2D eigenvalue weighted by atomic mass is 9.96. The van der Waals surface area contributed by atoms with Crippen LogP contribution < -0.4 is 5.32 Å². The second-order valence-electron chi connectivity index (χ2n) is 6.68. The Morgan fingerprint density at radius 1 is 1.43 bits per heavy atom. The van der Waals surface area contributed by atoms with Gasteiger partial charge in [-0.05, 0) is 51.0 Å². The van der Waals surface area contributed by atoms with Crippen LogP contribution in [0.4, 0.5) is 9.18 Å². The molecular formula is C17H22FNO4. The quantitative estimate of drug-likeness (QED) is 0.925. The number of amides is 1.